The van der Waals surface area contributed by atoms with Crippen molar-refractivity contribution in [3.8, 4) is 5.00 Å². The molecule has 2 aromatic heterocycles. The predicted molar refractivity (Wildman–Crippen MR) is 124 cm³/mol. The number of aryl methyl sites for hydroxylation is 2. The molecule has 3 N–H and O–H groups in total. The van der Waals surface area contributed by atoms with E-state index in [0.29, 0.717) is 18.2 Å². The highest BCUT2D eigenvalue weighted by Gasteiger charge is 2.32. The molecule has 3 heterocycles. The number of nitrogens with zero attached hydrogens (tertiary/aromatic N) is 4. The molecule has 0 amide bonds. The molecule has 0 aliphatic carbocycles. The summed E-state index contributed by atoms with van der Waals surface area (Å²) in [6.45, 7) is 6.53. The van der Waals surface area contributed by atoms with Gasteiger partial charge in [0, 0.05) is 22.5 Å². The van der Waals surface area contributed by atoms with Crippen LogP contribution in [-0.4, -0.2) is 43.3 Å². The molecule has 0 spiro atoms. The maximum atomic E-state index is 11.6. The van der Waals surface area contributed by atoms with E-state index in [0.717, 1.165) is 39.4 Å². The van der Waals surface area contributed by atoms with Crippen molar-refractivity contribution in [2.24, 2.45) is 4.99 Å². The summed E-state index contributed by atoms with van der Waals surface area (Å²) in [4.78, 5) is 17.7. The number of hydrogen-bond donors (Lipinski definition) is 3. The topological polar surface area (TPSA) is 113 Å². The molecular weight excluding hydrogens is 426 g/mol. The van der Waals surface area contributed by atoms with E-state index in [-0.39, 0.29) is 6.42 Å². The lowest BCUT2D eigenvalue weighted by Crippen LogP contribution is -2.10. The Morgan fingerprint density at radius 3 is 2.66 bits per heavy atom. The van der Waals surface area contributed by atoms with E-state index in [1.807, 2.05) is 47.9 Å². The number of carboxylic acids is 1. The van der Waals surface area contributed by atoms with Gasteiger partial charge in [-0.05, 0) is 38.3 Å². The number of hydroxylamine groups is 1. The lowest BCUT2D eigenvalue weighted by atomic mass is 9.98. The summed E-state index contributed by atoms with van der Waals surface area (Å²) in [5.41, 5.74) is 7.00. The zero-order valence-electron chi connectivity index (χ0n) is 18.2. The third-order valence-corrected chi connectivity index (χ3v) is 6.72. The molecule has 4 rings (SSSR count). The number of rotatable bonds is 7. The Morgan fingerprint density at radius 2 is 1.97 bits per heavy atom. The minimum Gasteiger partial charge on any atom is -0.481 e. The average Bonchev–Trinajstić information content (AvgIpc) is 3.24. The Morgan fingerprint density at radius 1 is 1.22 bits per heavy atom. The molecule has 0 unspecified atom stereocenters. The van der Waals surface area contributed by atoms with Crippen LogP contribution >= 0.6 is 11.3 Å². The number of benzene rings is 1. The predicted octanol–water partition coefficient (Wildman–Crippen LogP) is 4.00. The molecule has 32 heavy (non-hydrogen) atoms. The van der Waals surface area contributed by atoms with Crippen molar-refractivity contribution < 1.29 is 15.1 Å². The number of nitrogens with one attached hydrogen (secondary N) is 1. The van der Waals surface area contributed by atoms with Gasteiger partial charge in [0.15, 0.2) is 5.82 Å². The van der Waals surface area contributed by atoms with Crippen LogP contribution < -0.4 is 5.48 Å². The van der Waals surface area contributed by atoms with Crippen molar-refractivity contribution in [3.05, 3.63) is 69.1 Å². The number of carbonyl (C=O) groups is 1. The van der Waals surface area contributed by atoms with Gasteiger partial charge < -0.3 is 10.3 Å². The summed E-state index contributed by atoms with van der Waals surface area (Å²) in [6, 6.07) is 7.41. The SMILES string of the molecule is Cc1sc2c(c1C)C(c1ccc(/C=C/CCNO)cc1)=N[C@H](CC(=O)O)c1nnc(C)n1-2. The average molecular weight is 452 g/mol. The highest BCUT2D eigenvalue weighted by Crippen LogP contribution is 2.39. The Bertz CT molecular complexity index is 1210. The van der Waals surface area contributed by atoms with Crippen LogP contribution in [-0.2, 0) is 4.79 Å². The van der Waals surface area contributed by atoms with E-state index >= 15 is 0 Å². The van der Waals surface area contributed by atoms with E-state index in [4.69, 9.17) is 10.2 Å². The molecule has 1 atom stereocenters. The van der Waals surface area contributed by atoms with E-state index in [9.17, 15) is 9.90 Å². The van der Waals surface area contributed by atoms with Crippen LogP contribution in [0.4, 0.5) is 0 Å². The highest BCUT2D eigenvalue weighted by molar-refractivity contribution is 7.15. The molecule has 9 heteroatoms. The smallest absolute Gasteiger partial charge is 0.306 e. The summed E-state index contributed by atoms with van der Waals surface area (Å²) >= 11 is 1.65. The first-order chi connectivity index (χ1) is 15.4. The molecule has 0 bridgehead atoms. The quantitative estimate of drug-likeness (QED) is 0.370. The second-order valence-corrected chi connectivity index (χ2v) is 8.92. The fourth-order valence-electron chi connectivity index (χ4n) is 3.81. The third kappa shape index (κ3) is 4.14. The van der Waals surface area contributed by atoms with E-state index in [2.05, 4.69) is 29.5 Å². The summed E-state index contributed by atoms with van der Waals surface area (Å²) in [7, 11) is 0. The van der Waals surface area contributed by atoms with Crippen molar-refractivity contribution >= 4 is 29.1 Å². The molecule has 0 radical (unpaired) electrons. The second kappa shape index (κ2) is 9.15. The monoisotopic (exact) mass is 451 g/mol. The molecule has 3 aromatic rings. The number of thiophene rings is 1. The number of fused-ring (bicyclic) bond motifs is 3. The van der Waals surface area contributed by atoms with Crippen LogP contribution in [0, 0.1) is 20.8 Å². The van der Waals surface area contributed by atoms with Crippen LogP contribution in [0.15, 0.2) is 35.3 Å². The molecule has 0 fully saturated rings. The number of aromatic nitrogens is 3. The van der Waals surface area contributed by atoms with Crippen molar-refractivity contribution in [1.29, 1.82) is 0 Å². The fourth-order valence-corrected chi connectivity index (χ4v) is 5.02. The molecule has 8 nitrogen and oxygen atoms in total. The molecule has 1 aromatic carbocycles. The lowest BCUT2D eigenvalue weighted by molar-refractivity contribution is -0.137. The van der Waals surface area contributed by atoms with Crippen LogP contribution in [0.5, 0.6) is 0 Å². The van der Waals surface area contributed by atoms with E-state index in [1.54, 1.807) is 11.3 Å². The largest absolute Gasteiger partial charge is 0.481 e. The number of aliphatic imine (C=N–C) groups is 1. The first-order valence-electron chi connectivity index (χ1n) is 10.4. The summed E-state index contributed by atoms with van der Waals surface area (Å²) in [5.74, 6) is 0.341. The van der Waals surface area contributed by atoms with E-state index in [1.165, 1.54) is 4.88 Å². The Balaban J connectivity index is 1.82. The number of carboxylic acid groups (broad SMARTS) is 1. The molecule has 1 aliphatic rings. The first kappa shape index (κ1) is 22.1. The van der Waals surface area contributed by atoms with Crippen LogP contribution in [0.3, 0.4) is 0 Å². The Hall–Kier alpha value is -3.14. The summed E-state index contributed by atoms with van der Waals surface area (Å²) in [6.07, 6.45) is 4.55. The van der Waals surface area contributed by atoms with Crippen LogP contribution in [0.1, 0.15) is 57.7 Å². The third-order valence-electron chi connectivity index (χ3n) is 5.52. The second-order valence-electron chi connectivity index (χ2n) is 7.72. The van der Waals surface area contributed by atoms with Gasteiger partial charge in [-0.25, -0.2) is 5.48 Å². The van der Waals surface area contributed by atoms with Gasteiger partial charge in [0.25, 0.3) is 0 Å². The summed E-state index contributed by atoms with van der Waals surface area (Å²) in [5, 5.41) is 27.7. The Kier molecular flexibility index (Phi) is 6.31. The standard InChI is InChI=1S/C23H25N5O3S/c1-13-14(2)32-23-20(13)21(17-9-7-16(8-10-17)6-4-5-11-24-31)25-18(12-19(29)30)22-27-26-15(3)28(22)23/h4,6-10,18,24,31H,5,11-12H2,1-3H3,(H,29,30)/b6-4+/t18-/m1/s1. The van der Waals surface area contributed by atoms with Crippen molar-refractivity contribution in [3.63, 3.8) is 0 Å². The van der Waals surface area contributed by atoms with E-state index < -0.39 is 12.0 Å². The van der Waals surface area contributed by atoms with Gasteiger partial charge in [0.1, 0.15) is 16.9 Å². The summed E-state index contributed by atoms with van der Waals surface area (Å²) < 4.78 is 1.95. The van der Waals surface area contributed by atoms with Gasteiger partial charge in [-0.3, -0.25) is 14.4 Å². The van der Waals surface area contributed by atoms with Crippen molar-refractivity contribution in [2.45, 2.75) is 39.7 Å². The maximum absolute atomic E-state index is 11.6. The van der Waals surface area contributed by atoms with Gasteiger partial charge in [0.2, 0.25) is 0 Å². The van der Waals surface area contributed by atoms with Gasteiger partial charge in [-0.15, -0.1) is 21.5 Å². The van der Waals surface area contributed by atoms with Gasteiger partial charge in [-0.1, -0.05) is 36.4 Å². The molecule has 0 saturated carbocycles. The zero-order valence-corrected chi connectivity index (χ0v) is 19.0. The molecule has 1 aliphatic heterocycles. The van der Waals surface area contributed by atoms with Crippen LogP contribution in [0.25, 0.3) is 11.1 Å². The first-order valence-corrected chi connectivity index (χ1v) is 11.2. The highest BCUT2D eigenvalue weighted by atomic mass is 32.1. The van der Waals surface area contributed by atoms with Crippen LogP contribution in [0.2, 0.25) is 0 Å². The zero-order chi connectivity index (χ0) is 22.8. The Labute approximate surface area is 189 Å². The molecule has 0 saturated heterocycles. The van der Waals surface area contributed by atoms with Crippen molar-refractivity contribution in [1.82, 2.24) is 20.2 Å². The molecular formula is C23H25N5O3S. The van der Waals surface area contributed by atoms with Gasteiger partial charge in [0.05, 0.1) is 12.1 Å². The lowest BCUT2D eigenvalue weighted by Gasteiger charge is -2.11. The minimum atomic E-state index is -0.929. The number of hydrogen-bond acceptors (Lipinski definition) is 7. The fraction of sp³-hybridized carbons (Fsp3) is 0.304. The van der Waals surface area contributed by atoms with Crippen molar-refractivity contribution in [2.75, 3.05) is 6.54 Å². The minimum absolute atomic E-state index is 0.158. The molecule has 166 valence electrons. The van der Waals surface area contributed by atoms with Gasteiger partial charge >= 0.3 is 5.97 Å². The normalized spacial score (nSPS) is 15.4. The maximum Gasteiger partial charge on any atom is 0.306 e. The van der Waals surface area contributed by atoms with Gasteiger partial charge in [-0.2, -0.15) is 0 Å². The number of aliphatic carboxylic acids is 1.